The lowest BCUT2D eigenvalue weighted by atomic mass is 9.52. The van der Waals surface area contributed by atoms with Crippen molar-refractivity contribution in [2.45, 2.75) is 72.1 Å². The molecule has 7 atom stereocenters. The second-order valence-corrected chi connectivity index (χ2v) is 9.52. The van der Waals surface area contributed by atoms with Gasteiger partial charge in [-0.3, -0.25) is 0 Å². The second kappa shape index (κ2) is 6.09. The first-order valence-electron chi connectivity index (χ1n) is 9.75. The normalized spacial score (nSPS) is 52.0. The van der Waals surface area contributed by atoms with Crippen LogP contribution >= 0.6 is 0 Å². The van der Waals surface area contributed by atoms with Crippen molar-refractivity contribution in [2.24, 2.45) is 46.2 Å². The zero-order valence-corrected chi connectivity index (χ0v) is 15.0. The van der Waals surface area contributed by atoms with E-state index in [1.165, 1.54) is 51.4 Å². The summed E-state index contributed by atoms with van der Waals surface area (Å²) in [5.41, 5.74) is 7.02. The minimum atomic E-state index is 0.409. The Morgan fingerprint density at radius 2 is 1.73 bits per heavy atom. The number of fused-ring (bicyclic) bond motifs is 2. The van der Waals surface area contributed by atoms with Gasteiger partial charge in [0.1, 0.15) is 0 Å². The third-order valence-corrected chi connectivity index (χ3v) is 8.20. The average Bonchev–Trinajstić information content (AvgIpc) is 2.85. The lowest BCUT2D eigenvalue weighted by Crippen LogP contribution is -2.50. The van der Waals surface area contributed by atoms with Crippen molar-refractivity contribution in [1.29, 1.82) is 0 Å². The number of aliphatic hydroxyl groups excluding tert-OH is 1. The molecule has 2 nitrogen and oxygen atoms in total. The maximum Gasteiger partial charge on any atom is 0.0462 e. The fourth-order valence-corrected chi connectivity index (χ4v) is 6.45. The van der Waals surface area contributed by atoms with Crippen LogP contribution in [-0.2, 0) is 0 Å². The number of aliphatic hydroxyl groups is 1. The first kappa shape index (κ1) is 16.8. The van der Waals surface area contributed by atoms with Crippen molar-refractivity contribution in [2.75, 3.05) is 13.2 Å². The molecule has 0 aliphatic heterocycles. The minimum absolute atomic E-state index is 0.409. The highest BCUT2D eigenvalue weighted by atomic mass is 16.3. The van der Waals surface area contributed by atoms with Gasteiger partial charge in [-0.2, -0.15) is 0 Å². The molecular formula is C20H37NO. The monoisotopic (exact) mass is 307 g/mol. The van der Waals surface area contributed by atoms with E-state index >= 15 is 0 Å². The molecule has 3 fully saturated rings. The van der Waals surface area contributed by atoms with Crippen LogP contribution in [0, 0.1) is 40.4 Å². The molecule has 0 spiro atoms. The predicted octanol–water partition coefficient (Wildman–Crippen LogP) is 4.21. The maximum atomic E-state index is 9.99. The summed E-state index contributed by atoms with van der Waals surface area (Å²) in [4.78, 5) is 0. The fourth-order valence-electron chi connectivity index (χ4n) is 6.45. The van der Waals surface area contributed by atoms with Crippen LogP contribution in [0.2, 0.25) is 0 Å². The Hall–Kier alpha value is -0.0800. The van der Waals surface area contributed by atoms with Crippen molar-refractivity contribution in [3.8, 4) is 0 Å². The zero-order valence-electron chi connectivity index (χ0n) is 15.0. The Bertz CT molecular complexity index is 397. The van der Waals surface area contributed by atoms with E-state index in [2.05, 4.69) is 20.8 Å². The van der Waals surface area contributed by atoms with E-state index in [1.807, 2.05) is 0 Å². The lowest BCUT2D eigenvalue weighted by molar-refractivity contribution is -0.0339. The van der Waals surface area contributed by atoms with E-state index in [0.717, 1.165) is 30.2 Å². The molecule has 0 radical (unpaired) electrons. The summed E-state index contributed by atoms with van der Waals surface area (Å²) in [5.74, 6) is 3.92. The summed E-state index contributed by atoms with van der Waals surface area (Å²) < 4.78 is 0. The molecule has 22 heavy (non-hydrogen) atoms. The van der Waals surface area contributed by atoms with E-state index in [1.54, 1.807) is 0 Å². The first-order valence-corrected chi connectivity index (χ1v) is 9.75. The molecule has 0 saturated heterocycles. The van der Waals surface area contributed by atoms with Crippen LogP contribution in [0.4, 0.5) is 0 Å². The van der Waals surface area contributed by atoms with E-state index in [-0.39, 0.29) is 0 Å². The maximum absolute atomic E-state index is 9.99. The molecule has 3 rings (SSSR count). The highest BCUT2D eigenvalue weighted by Gasteiger charge is 2.51. The van der Waals surface area contributed by atoms with Gasteiger partial charge in [0.05, 0.1) is 0 Å². The summed E-state index contributed by atoms with van der Waals surface area (Å²) in [6.45, 7) is 8.52. The van der Waals surface area contributed by atoms with E-state index in [9.17, 15) is 5.11 Å². The van der Waals surface area contributed by atoms with Crippen molar-refractivity contribution < 1.29 is 5.11 Å². The first-order chi connectivity index (χ1) is 10.4. The molecule has 0 amide bonds. The Morgan fingerprint density at radius 1 is 1.00 bits per heavy atom. The smallest absolute Gasteiger partial charge is 0.0462 e. The van der Waals surface area contributed by atoms with Gasteiger partial charge < -0.3 is 10.8 Å². The Balaban J connectivity index is 1.76. The van der Waals surface area contributed by atoms with Gasteiger partial charge in [0.15, 0.2) is 0 Å². The van der Waals surface area contributed by atoms with Crippen LogP contribution in [0.25, 0.3) is 0 Å². The molecule has 0 aromatic heterocycles. The van der Waals surface area contributed by atoms with Crippen molar-refractivity contribution >= 4 is 0 Å². The molecule has 3 aliphatic rings. The molecule has 3 saturated carbocycles. The third-order valence-electron chi connectivity index (χ3n) is 8.20. The van der Waals surface area contributed by atoms with Gasteiger partial charge in [-0.05, 0) is 91.9 Å². The van der Waals surface area contributed by atoms with Crippen molar-refractivity contribution in [3.05, 3.63) is 0 Å². The van der Waals surface area contributed by atoms with Gasteiger partial charge >= 0.3 is 0 Å². The van der Waals surface area contributed by atoms with Crippen molar-refractivity contribution in [1.82, 2.24) is 0 Å². The standard InChI is InChI=1S/C20H37NO/c1-4-19(2)9-14-7-8-18-15(10-20(18,3)13-21)5-6-16(12-22)17(14)11-19/h14-18,22H,4-13,21H2,1-3H3/t14?,15?,16-,17?,18?,19?,20+/m1/s1. The van der Waals surface area contributed by atoms with Gasteiger partial charge in [0.2, 0.25) is 0 Å². The Labute approximate surface area is 137 Å². The molecule has 0 aromatic carbocycles. The molecule has 5 unspecified atom stereocenters. The molecule has 3 aliphatic carbocycles. The Kier molecular flexibility index (Phi) is 4.64. The molecule has 2 heteroatoms. The van der Waals surface area contributed by atoms with Gasteiger partial charge in [0.25, 0.3) is 0 Å². The summed E-state index contributed by atoms with van der Waals surface area (Å²) in [6.07, 6.45) is 10.7. The van der Waals surface area contributed by atoms with Gasteiger partial charge in [0, 0.05) is 6.61 Å². The fraction of sp³-hybridized carbons (Fsp3) is 1.00. The molecule has 0 bridgehead atoms. The quantitative estimate of drug-likeness (QED) is 0.820. The number of hydrogen-bond donors (Lipinski definition) is 2. The van der Waals surface area contributed by atoms with Crippen LogP contribution in [0.15, 0.2) is 0 Å². The molecule has 128 valence electrons. The zero-order chi connectivity index (χ0) is 16.0. The van der Waals surface area contributed by atoms with Crippen LogP contribution in [0.1, 0.15) is 72.1 Å². The van der Waals surface area contributed by atoms with Crippen molar-refractivity contribution in [3.63, 3.8) is 0 Å². The molecule has 0 aromatic rings. The molecule has 0 heterocycles. The highest BCUT2D eigenvalue weighted by molar-refractivity contribution is 5.02. The molecular weight excluding hydrogens is 270 g/mol. The largest absolute Gasteiger partial charge is 0.396 e. The Morgan fingerprint density at radius 3 is 2.36 bits per heavy atom. The third kappa shape index (κ3) is 2.75. The van der Waals surface area contributed by atoms with Gasteiger partial charge in [-0.25, -0.2) is 0 Å². The predicted molar refractivity (Wildman–Crippen MR) is 92.4 cm³/mol. The SMILES string of the molecule is CCC1(C)CC2CCC3C(CC[C@H](CO)C2C1)C[C@@]3(C)CN. The summed E-state index contributed by atoms with van der Waals surface area (Å²) in [5, 5.41) is 9.99. The summed E-state index contributed by atoms with van der Waals surface area (Å²) >= 11 is 0. The summed E-state index contributed by atoms with van der Waals surface area (Å²) in [7, 11) is 0. The van der Waals surface area contributed by atoms with E-state index < -0.39 is 0 Å². The van der Waals surface area contributed by atoms with E-state index in [0.29, 0.717) is 23.4 Å². The topological polar surface area (TPSA) is 46.2 Å². The van der Waals surface area contributed by atoms with Crippen LogP contribution < -0.4 is 5.73 Å². The van der Waals surface area contributed by atoms with Crippen LogP contribution in [0.3, 0.4) is 0 Å². The van der Waals surface area contributed by atoms with Crippen LogP contribution in [0.5, 0.6) is 0 Å². The second-order valence-electron chi connectivity index (χ2n) is 9.52. The van der Waals surface area contributed by atoms with Gasteiger partial charge in [-0.1, -0.05) is 27.2 Å². The summed E-state index contributed by atoms with van der Waals surface area (Å²) in [6, 6.07) is 0. The number of hydrogen-bond acceptors (Lipinski definition) is 2. The molecule has 3 N–H and O–H groups in total. The van der Waals surface area contributed by atoms with Crippen LogP contribution in [-0.4, -0.2) is 18.3 Å². The van der Waals surface area contributed by atoms with E-state index in [4.69, 9.17) is 5.73 Å². The number of rotatable bonds is 3. The highest BCUT2D eigenvalue weighted by Crippen LogP contribution is 2.59. The number of nitrogens with two attached hydrogens (primary N) is 1. The van der Waals surface area contributed by atoms with Gasteiger partial charge in [-0.15, -0.1) is 0 Å². The average molecular weight is 308 g/mol. The lowest BCUT2D eigenvalue weighted by Gasteiger charge is -2.54. The minimum Gasteiger partial charge on any atom is -0.396 e.